The molecule has 3 aliphatic rings. The van der Waals surface area contributed by atoms with Crippen molar-refractivity contribution in [3.05, 3.63) is 29.3 Å². The molecular weight excluding hydrogens is 506 g/mol. The van der Waals surface area contributed by atoms with E-state index in [1.54, 1.807) is 0 Å². The molecular formula is C28H43N3O6S. The number of sulfonamides is 1. The van der Waals surface area contributed by atoms with Crippen LogP contribution < -0.4 is 4.74 Å². The number of ether oxygens (including phenoxy) is 1. The molecule has 0 bridgehead atoms. The Kier molecular flexibility index (Phi) is 9.70. The summed E-state index contributed by atoms with van der Waals surface area (Å²) in [6.07, 6.45) is 5.65. The first kappa shape index (κ1) is 28.8. The highest BCUT2D eigenvalue weighted by Crippen LogP contribution is 2.41. The number of likely N-dealkylation sites (tertiary alicyclic amines) is 1. The van der Waals surface area contributed by atoms with E-state index in [1.165, 1.54) is 4.31 Å². The summed E-state index contributed by atoms with van der Waals surface area (Å²) in [7, 11) is -3.29. The third kappa shape index (κ3) is 6.51. The normalized spacial score (nSPS) is 24.8. The number of carbonyl (C=O) groups excluding carboxylic acids is 1. The number of nitrogens with zero attached hydrogens (tertiary/aromatic N) is 3. The number of carbonyl (C=O) groups is 2. The molecule has 1 unspecified atom stereocenters. The molecule has 3 aliphatic heterocycles. The molecule has 3 atom stereocenters. The molecule has 0 spiro atoms. The molecule has 9 nitrogen and oxygen atoms in total. The highest BCUT2D eigenvalue weighted by molar-refractivity contribution is 7.89. The van der Waals surface area contributed by atoms with Crippen LogP contribution in [0.4, 0.5) is 0 Å². The summed E-state index contributed by atoms with van der Waals surface area (Å²) in [6.45, 7) is 7.61. The second-order valence-corrected chi connectivity index (χ2v) is 13.0. The molecule has 1 aromatic rings. The molecule has 2 saturated heterocycles. The zero-order chi connectivity index (χ0) is 27.3. The summed E-state index contributed by atoms with van der Waals surface area (Å²) in [5.74, 6) is -0.891. The molecule has 3 heterocycles. The van der Waals surface area contributed by atoms with Gasteiger partial charge in [0.25, 0.3) is 0 Å². The Morgan fingerprint density at radius 3 is 2.53 bits per heavy atom. The molecule has 4 rings (SSSR count). The molecule has 10 heteroatoms. The van der Waals surface area contributed by atoms with E-state index in [-0.39, 0.29) is 30.7 Å². The van der Waals surface area contributed by atoms with Gasteiger partial charge in [0.1, 0.15) is 5.75 Å². The molecule has 1 N–H and O–H groups in total. The lowest BCUT2D eigenvalue weighted by atomic mass is 9.83. The number of carboxylic acid groups (broad SMARTS) is 1. The van der Waals surface area contributed by atoms with E-state index in [4.69, 9.17) is 4.74 Å². The summed E-state index contributed by atoms with van der Waals surface area (Å²) in [5.41, 5.74) is 2.04. The van der Waals surface area contributed by atoms with Gasteiger partial charge in [0.05, 0.1) is 24.8 Å². The monoisotopic (exact) mass is 549 g/mol. The second-order valence-electron chi connectivity index (χ2n) is 10.9. The van der Waals surface area contributed by atoms with E-state index in [0.29, 0.717) is 45.6 Å². The standard InChI is InChI=1S/C28H43N3O6S/c1-3-5-12-29(13-6-4-2)26(32)20-30-19-23(21-8-9-25-22(18-21)11-16-37-25)27(28(33)34)24(30)10-15-31-14-7-17-38(31,35)36/h8-9,18,23-24,27H,3-7,10-17,19-20H2,1-2H3,(H,33,34)/t23-,24+,27?/m1/s1. The Balaban J connectivity index is 1.59. The maximum Gasteiger partial charge on any atom is 0.308 e. The van der Waals surface area contributed by atoms with Crippen molar-refractivity contribution >= 4 is 21.9 Å². The van der Waals surface area contributed by atoms with Gasteiger partial charge in [0.15, 0.2) is 0 Å². The van der Waals surface area contributed by atoms with Gasteiger partial charge in [-0.05, 0) is 42.9 Å². The SMILES string of the molecule is CCCCN(CCCC)C(=O)CN1C[C@H](c2ccc3c(c2)CCO3)C(C(=O)O)[C@@H]1CCN1CCCS1(=O)=O. The Labute approximate surface area is 227 Å². The number of aliphatic carboxylic acids is 1. The fourth-order valence-electron chi connectivity index (χ4n) is 6.18. The van der Waals surface area contributed by atoms with Crippen LogP contribution >= 0.6 is 0 Å². The van der Waals surface area contributed by atoms with Gasteiger partial charge in [0, 0.05) is 51.1 Å². The largest absolute Gasteiger partial charge is 0.493 e. The van der Waals surface area contributed by atoms with Crippen LogP contribution in [-0.4, -0.2) is 97.2 Å². The zero-order valence-electron chi connectivity index (χ0n) is 22.8. The molecule has 0 aliphatic carbocycles. The van der Waals surface area contributed by atoms with Gasteiger partial charge in [-0.25, -0.2) is 12.7 Å². The van der Waals surface area contributed by atoms with Crippen molar-refractivity contribution in [1.82, 2.24) is 14.1 Å². The van der Waals surface area contributed by atoms with Crippen LogP contribution in [0, 0.1) is 5.92 Å². The predicted octanol–water partition coefficient (Wildman–Crippen LogP) is 2.94. The van der Waals surface area contributed by atoms with E-state index < -0.39 is 28.0 Å². The van der Waals surface area contributed by atoms with Crippen molar-refractivity contribution in [2.75, 3.05) is 51.6 Å². The van der Waals surface area contributed by atoms with Crippen molar-refractivity contribution in [3.63, 3.8) is 0 Å². The van der Waals surface area contributed by atoms with Crippen LogP contribution in [0.5, 0.6) is 5.75 Å². The number of carboxylic acids is 1. The van der Waals surface area contributed by atoms with Crippen molar-refractivity contribution in [2.45, 2.75) is 70.8 Å². The topological polar surface area (TPSA) is 107 Å². The number of fused-ring (bicyclic) bond motifs is 1. The van der Waals surface area contributed by atoms with E-state index in [2.05, 4.69) is 19.9 Å². The van der Waals surface area contributed by atoms with Crippen LogP contribution in [-0.2, 0) is 26.0 Å². The van der Waals surface area contributed by atoms with Gasteiger partial charge < -0.3 is 14.7 Å². The lowest BCUT2D eigenvalue weighted by Gasteiger charge is -2.30. The maximum absolute atomic E-state index is 13.5. The van der Waals surface area contributed by atoms with E-state index in [9.17, 15) is 23.1 Å². The van der Waals surface area contributed by atoms with Crippen molar-refractivity contribution in [2.24, 2.45) is 5.92 Å². The summed E-state index contributed by atoms with van der Waals surface area (Å²) in [4.78, 5) is 30.2. The summed E-state index contributed by atoms with van der Waals surface area (Å²) >= 11 is 0. The fraction of sp³-hybridized carbons (Fsp3) is 0.714. The first-order valence-corrected chi connectivity index (χ1v) is 15.8. The molecule has 1 amide bonds. The van der Waals surface area contributed by atoms with Crippen LogP contribution in [0.15, 0.2) is 18.2 Å². The smallest absolute Gasteiger partial charge is 0.308 e. The van der Waals surface area contributed by atoms with Gasteiger partial charge in [0.2, 0.25) is 15.9 Å². The third-order valence-corrected chi connectivity index (χ3v) is 10.3. The molecule has 38 heavy (non-hydrogen) atoms. The van der Waals surface area contributed by atoms with Crippen molar-refractivity contribution in [1.29, 1.82) is 0 Å². The minimum absolute atomic E-state index is 0.0258. The highest BCUT2D eigenvalue weighted by atomic mass is 32.2. The van der Waals surface area contributed by atoms with E-state index >= 15 is 0 Å². The maximum atomic E-state index is 13.5. The molecule has 0 aromatic heterocycles. The highest BCUT2D eigenvalue weighted by Gasteiger charge is 2.47. The van der Waals surface area contributed by atoms with Crippen LogP contribution in [0.3, 0.4) is 0 Å². The van der Waals surface area contributed by atoms with Crippen molar-refractivity contribution in [3.8, 4) is 5.75 Å². The summed E-state index contributed by atoms with van der Waals surface area (Å²) in [5, 5.41) is 10.4. The van der Waals surface area contributed by atoms with Gasteiger partial charge in [-0.3, -0.25) is 14.5 Å². The van der Waals surface area contributed by atoms with Crippen LogP contribution in [0.25, 0.3) is 0 Å². The number of hydrogen-bond acceptors (Lipinski definition) is 6. The predicted molar refractivity (Wildman–Crippen MR) is 146 cm³/mol. The number of rotatable bonds is 13. The Bertz CT molecular complexity index is 1090. The minimum Gasteiger partial charge on any atom is -0.493 e. The zero-order valence-corrected chi connectivity index (χ0v) is 23.6. The first-order chi connectivity index (χ1) is 18.2. The molecule has 0 saturated carbocycles. The quantitative estimate of drug-likeness (QED) is 0.403. The number of benzene rings is 1. The summed E-state index contributed by atoms with van der Waals surface area (Å²) in [6, 6.07) is 5.51. The Morgan fingerprint density at radius 1 is 1.16 bits per heavy atom. The number of unbranched alkanes of at least 4 members (excludes halogenated alkanes) is 2. The lowest BCUT2D eigenvalue weighted by Crippen LogP contribution is -2.45. The molecule has 212 valence electrons. The average Bonchev–Trinajstić information content (AvgIpc) is 3.58. The first-order valence-electron chi connectivity index (χ1n) is 14.2. The Hall–Kier alpha value is -2.17. The van der Waals surface area contributed by atoms with Gasteiger partial charge >= 0.3 is 5.97 Å². The fourth-order valence-corrected chi connectivity index (χ4v) is 7.72. The number of amides is 1. The molecule has 2 fully saturated rings. The average molecular weight is 550 g/mol. The molecule has 0 radical (unpaired) electrons. The second kappa shape index (κ2) is 12.8. The van der Waals surface area contributed by atoms with E-state index in [1.807, 2.05) is 21.9 Å². The van der Waals surface area contributed by atoms with Crippen molar-refractivity contribution < 1.29 is 27.9 Å². The summed E-state index contributed by atoms with van der Waals surface area (Å²) < 4.78 is 32.0. The van der Waals surface area contributed by atoms with Gasteiger partial charge in [-0.15, -0.1) is 0 Å². The van der Waals surface area contributed by atoms with Crippen LogP contribution in [0.2, 0.25) is 0 Å². The Morgan fingerprint density at radius 2 is 1.89 bits per heavy atom. The minimum atomic E-state index is -3.29. The third-order valence-electron chi connectivity index (χ3n) is 8.31. The van der Waals surface area contributed by atoms with Gasteiger partial charge in [-0.1, -0.05) is 38.8 Å². The number of hydrogen-bond donors (Lipinski definition) is 1. The van der Waals surface area contributed by atoms with E-state index in [0.717, 1.165) is 49.0 Å². The lowest BCUT2D eigenvalue weighted by molar-refractivity contribution is -0.143. The molecule has 1 aromatic carbocycles. The van der Waals surface area contributed by atoms with Crippen LogP contribution in [0.1, 0.15) is 69.4 Å². The van der Waals surface area contributed by atoms with Gasteiger partial charge in [-0.2, -0.15) is 0 Å².